The number of carbonyl (C=O) groups excluding carboxylic acids is 1. The van der Waals surface area contributed by atoms with Gasteiger partial charge < -0.3 is 16.2 Å². The van der Waals surface area contributed by atoms with Crippen LogP contribution in [0.1, 0.15) is 22.8 Å². The van der Waals surface area contributed by atoms with Crippen LogP contribution in [0.2, 0.25) is 0 Å². The lowest BCUT2D eigenvalue weighted by Crippen LogP contribution is -2.21. The van der Waals surface area contributed by atoms with Gasteiger partial charge in [-0.15, -0.1) is 0 Å². The molecule has 1 aromatic carbocycles. The van der Waals surface area contributed by atoms with E-state index in [2.05, 4.69) is 11.9 Å². The van der Waals surface area contributed by atoms with Crippen molar-refractivity contribution >= 4 is 17.7 Å². The van der Waals surface area contributed by atoms with Crippen LogP contribution in [0.15, 0.2) is 40.9 Å². The number of aryl methyl sites for hydroxylation is 1. The van der Waals surface area contributed by atoms with Crippen molar-refractivity contribution in [3.63, 3.8) is 0 Å². The topological polar surface area (TPSA) is 75.3 Å². The molecule has 0 aliphatic carbocycles. The molecule has 0 radical (unpaired) electrons. The Morgan fingerprint density at radius 2 is 2.24 bits per heavy atom. The molecular weight excluding hydrogens is 298 g/mol. The largest absolute Gasteiger partial charge is 0.508 e. The molecule has 1 amide bonds. The van der Waals surface area contributed by atoms with Crippen LogP contribution in [-0.2, 0) is 6.42 Å². The van der Waals surface area contributed by atoms with Crippen molar-refractivity contribution in [1.82, 2.24) is 5.32 Å². The molecule has 1 rings (SSSR count). The molecule has 4 N–H and O–H groups in total. The molecule has 0 heterocycles. The minimum Gasteiger partial charge on any atom is -0.508 e. The molecule has 0 spiro atoms. The third-order valence-corrected chi connectivity index (χ3v) is 3.49. The number of phenolic OH excluding ortho intramolecular Hbond substituents is 1. The lowest BCUT2D eigenvalue weighted by molar-refractivity contribution is 0.0968. The molecular formula is C14H16F2N2O2S. The minimum absolute atomic E-state index is 0.0446. The fourth-order valence-electron chi connectivity index (χ4n) is 1.53. The van der Waals surface area contributed by atoms with Gasteiger partial charge in [0.15, 0.2) is 0 Å². The summed E-state index contributed by atoms with van der Waals surface area (Å²) in [6.07, 6.45) is -1.38. The van der Waals surface area contributed by atoms with Crippen molar-refractivity contribution in [2.24, 2.45) is 5.73 Å². The Bertz CT molecular complexity index is 574. The number of hydrogen-bond donors (Lipinski definition) is 3. The lowest BCUT2D eigenvalue weighted by atomic mass is 10.1. The number of halogens is 2. The molecule has 0 saturated heterocycles. The highest BCUT2D eigenvalue weighted by atomic mass is 32.2. The van der Waals surface area contributed by atoms with Gasteiger partial charge in [0, 0.05) is 11.8 Å². The Kier molecular flexibility index (Phi) is 6.23. The normalized spacial score (nSPS) is 11.5. The van der Waals surface area contributed by atoms with E-state index < -0.39 is 12.3 Å². The molecule has 0 atom stereocenters. The molecule has 1 aromatic rings. The quantitative estimate of drug-likeness (QED) is 0.754. The number of benzene rings is 1. The molecule has 114 valence electrons. The van der Waals surface area contributed by atoms with Gasteiger partial charge in [-0.3, -0.25) is 4.79 Å². The summed E-state index contributed by atoms with van der Waals surface area (Å²) >= 11 is 0.599. The van der Waals surface area contributed by atoms with Crippen molar-refractivity contribution in [2.75, 3.05) is 0 Å². The van der Waals surface area contributed by atoms with E-state index in [9.17, 15) is 18.7 Å². The van der Waals surface area contributed by atoms with Crippen molar-refractivity contribution < 1.29 is 18.7 Å². The highest BCUT2D eigenvalue weighted by molar-refractivity contribution is 8.06. The molecule has 0 fully saturated rings. The maximum atomic E-state index is 12.5. The number of rotatable bonds is 6. The summed E-state index contributed by atoms with van der Waals surface area (Å²) < 4.78 is 25.0. The van der Waals surface area contributed by atoms with E-state index in [0.29, 0.717) is 29.3 Å². The minimum atomic E-state index is -2.73. The van der Waals surface area contributed by atoms with Gasteiger partial charge in [-0.05, 0) is 30.2 Å². The second-order valence-electron chi connectivity index (χ2n) is 4.05. The van der Waals surface area contributed by atoms with Crippen LogP contribution in [0.3, 0.4) is 0 Å². The highest BCUT2D eigenvalue weighted by Gasteiger charge is 2.15. The zero-order valence-electron chi connectivity index (χ0n) is 11.4. The van der Waals surface area contributed by atoms with Crippen LogP contribution in [0.4, 0.5) is 8.78 Å². The average Bonchev–Trinajstić information content (AvgIpc) is 2.44. The van der Waals surface area contributed by atoms with Crippen molar-refractivity contribution in [2.45, 2.75) is 19.8 Å². The number of nitrogens with two attached hydrogens (primary N) is 1. The summed E-state index contributed by atoms with van der Waals surface area (Å²) in [6, 6.07) is 4.39. The number of amides is 1. The van der Waals surface area contributed by atoms with Crippen LogP contribution >= 0.6 is 11.8 Å². The predicted octanol–water partition coefficient (Wildman–Crippen LogP) is 2.95. The monoisotopic (exact) mass is 314 g/mol. The number of carbonyl (C=O) groups is 1. The molecule has 0 unspecified atom stereocenters. The number of aromatic hydroxyl groups is 1. The number of allylic oxidation sites excluding steroid dienone is 1. The molecule has 4 nitrogen and oxygen atoms in total. The summed E-state index contributed by atoms with van der Waals surface area (Å²) in [5.74, 6) is -0.388. The van der Waals surface area contributed by atoms with Crippen LogP contribution in [0, 0.1) is 0 Å². The van der Waals surface area contributed by atoms with E-state index in [-0.39, 0.29) is 15.7 Å². The first kappa shape index (κ1) is 17.0. The number of phenols is 1. The third-order valence-electron chi connectivity index (χ3n) is 2.60. The molecule has 0 saturated carbocycles. The fourth-order valence-corrected chi connectivity index (χ4v) is 2.11. The molecule has 0 aliphatic rings. The first-order valence-electron chi connectivity index (χ1n) is 6.09. The first-order chi connectivity index (χ1) is 9.88. The smallest absolute Gasteiger partial charge is 0.271 e. The number of nitrogens with one attached hydrogen (secondary N) is 1. The van der Waals surface area contributed by atoms with E-state index >= 15 is 0 Å². The van der Waals surface area contributed by atoms with E-state index in [4.69, 9.17) is 5.73 Å². The van der Waals surface area contributed by atoms with Gasteiger partial charge in [0.05, 0.1) is 9.93 Å². The van der Waals surface area contributed by atoms with Crippen LogP contribution < -0.4 is 11.1 Å². The van der Waals surface area contributed by atoms with Crippen molar-refractivity contribution in [3.05, 3.63) is 52.0 Å². The van der Waals surface area contributed by atoms with Crippen LogP contribution in [0.5, 0.6) is 5.75 Å². The molecule has 7 heteroatoms. The Balaban J connectivity index is 2.75. The Hall–Kier alpha value is -2.02. The molecule has 0 aromatic heterocycles. The third kappa shape index (κ3) is 4.78. The standard InChI is InChI=1S/C14H16F2N2O2S/c1-3-9-6-10(4-5-11(9)19)14(20)18-8(2)21-12(7-17)13(15)16/h4-7,13,19H,2-3,17H2,1H3,(H,18,20)/b12-7-. The van der Waals surface area contributed by atoms with E-state index in [0.717, 1.165) is 6.20 Å². The van der Waals surface area contributed by atoms with Crippen LogP contribution in [0.25, 0.3) is 0 Å². The van der Waals surface area contributed by atoms with E-state index in [1.54, 1.807) is 0 Å². The van der Waals surface area contributed by atoms with E-state index in [1.807, 2.05) is 6.92 Å². The summed E-state index contributed by atoms with van der Waals surface area (Å²) in [5.41, 5.74) is 6.00. The summed E-state index contributed by atoms with van der Waals surface area (Å²) in [4.78, 5) is 11.6. The summed E-state index contributed by atoms with van der Waals surface area (Å²) in [7, 11) is 0. The van der Waals surface area contributed by atoms with Gasteiger partial charge in [-0.2, -0.15) is 0 Å². The van der Waals surface area contributed by atoms with Gasteiger partial charge in [0.25, 0.3) is 12.3 Å². The average molecular weight is 314 g/mol. The maximum absolute atomic E-state index is 12.5. The van der Waals surface area contributed by atoms with Gasteiger partial charge in [-0.1, -0.05) is 25.3 Å². The lowest BCUT2D eigenvalue weighted by Gasteiger charge is -2.11. The molecule has 21 heavy (non-hydrogen) atoms. The Labute approximate surface area is 125 Å². The van der Waals surface area contributed by atoms with Gasteiger partial charge in [0.2, 0.25) is 0 Å². The number of hydrogen-bond acceptors (Lipinski definition) is 4. The SMILES string of the molecule is C=C(NC(=O)c1ccc(O)c(CC)c1)S/C(=C\N)C(F)F. The van der Waals surface area contributed by atoms with Crippen molar-refractivity contribution in [3.8, 4) is 5.75 Å². The second-order valence-corrected chi connectivity index (χ2v) is 5.21. The van der Waals surface area contributed by atoms with Gasteiger partial charge >= 0.3 is 0 Å². The number of alkyl halides is 2. The number of thioether (sulfide) groups is 1. The zero-order valence-corrected chi connectivity index (χ0v) is 12.2. The Morgan fingerprint density at radius 1 is 1.57 bits per heavy atom. The Morgan fingerprint density at radius 3 is 2.76 bits per heavy atom. The fraction of sp³-hybridized carbons (Fsp3) is 0.214. The van der Waals surface area contributed by atoms with E-state index in [1.165, 1.54) is 18.2 Å². The van der Waals surface area contributed by atoms with Gasteiger partial charge in [0.1, 0.15) is 5.75 Å². The maximum Gasteiger partial charge on any atom is 0.271 e. The highest BCUT2D eigenvalue weighted by Crippen LogP contribution is 2.27. The predicted molar refractivity (Wildman–Crippen MR) is 80.0 cm³/mol. The molecule has 0 bridgehead atoms. The zero-order chi connectivity index (χ0) is 16.0. The second kappa shape index (κ2) is 7.68. The summed E-state index contributed by atoms with van der Waals surface area (Å²) in [6.45, 7) is 5.34. The first-order valence-corrected chi connectivity index (χ1v) is 6.90. The summed E-state index contributed by atoms with van der Waals surface area (Å²) in [5, 5.41) is 12.0. The molecule has 0 aliphatic heterocycles. The van der Waals surface area contributed by atoms with Crippen molar-refractivity contribution in [1.29, 1.82) is 0 Å². The van der Waals surface area contributed by atoms with Gasteiger partial charge in [-0.25, -0.2) is 8.78 Å². The van der Waals surface area contributed by atoms with Crippen LogP contribution in [-0.4, -0.2) is 17.4 Å².